The van der Waals surface area contributed by atoms with Crippen molar-refractivity contribution in [3.05, 3.63) is 0 Å². The van der Waals surface area contributed by atoms with E-state index in [1.807, 2.05) is 27.7 Å². The van der Waals surface area contributed by atoms with Crippen molar-refractivity contribution in [1.29, 1.82) is 0 Å². The summed E-state index contributed by atoms with van der Waals surface area (Å²) in [7, 11) is 0. The summed E-state index contributed by atoms with van der Waals surface area (Å²) in [6.07, 6.45) is 1.54. The van der Waals surface area contributed by atoms with Crippen LogP contribution < -0.4 is 5.73 Å². The standard InChI is InChI=1S/C17H30N2O6/c1-16(2,8-10-18)24-12-9-17(3,4)23-11-7-15(22)25-19-13(20)5-6-14(19)21/h5-12,18H2,1-4H3. The Morgan fingerprint density at radius 2 is 1.52 bits per heavy atom. The van der Waals surface area contributed by atoms with E-state index in [1.165, 1.54) is 0 Å². The Kier molecular flexibility index (Phi) is 7.98. The van der Waals surface area contributed by atoms with Crippen LogP contribution in [0.15, 0.2) is 0 Å². The van der Waals surface area contributed by atoms with Crippen molar-refractivity contribution in [2.45, 2.75) is 71.0 Å². The highest BCUT2D eigenvalue weighted by molar-refractivity contribution is 6.01. The smallest absolute Gasteiger partial charge is 0.335 e. The Morgan fingerprint density at radius 3 is 2.08 bits per heavy atom. The lowest BCUT2D eigenvalue weighted by atomic mass is 10.0. The SMILES string of the molecule is CC(C)(CCN)OCCC(C)(C)OCCC(=O)ON1C(=O)CCC1=O. The quantitative estimate of drug-likeness (QED) is 0.555. The number of nitrogens with two attached hydrogens (primary N) is 1. The second-order valence-corrected chi connectivity index (χ2v) is 7.30. The molecule has 0 aromatic carbocycles. The van der Waals surface area contributed by atoms with Gasteiger partial charge in [0.1, 0.15) is 0 Å². The molecule has 8 heteroatoms. The van der Waals surface area contributed by atoms with Crippen molar-refractivity contribution >= 4 is 17.8 Å². The lowest BCUT2D eigenvalue weighted by molar-refractivity contribution is -0.198. The van der Waals surface area contributed by atoms with Gasteiger partial charge in [-0.3, -0.25) is 9.59 Å². The van der Waals surface area contributed by atoms with E-state index in [0.29, 0.717) is 24.6 Å². The van der Waals surface area contributed by atoms with Gasteiger partial charge in [0.25, 0.3) is 11.8 Å². The molecule has 1 saturated heterocycles. The van der Waals surface area contributed by atoms with Gasteiger partial charge in [-0.25, -0.2) is 4.79 Å². The van der Waals surface area contributed by atoms with Gasteiger partial charge in [-0.05, 0) is 47.1 Å². The molecule has 1 aliphatic rings. The van der Waals surface area contributed by atoms with Crippen LogP contribution in [0.1, 0.15) is 59.8 Å². The Balaban J connectivity index is 2.25. The van der Waals surface area contributed by atoms with Gasteiger partial charge in [0.2, 0.25) is 0 Å². The largest absolute Gasteiger partial charge is 0.375 e. The third-order valence-corrected chi connectivity index (χ3v) is 3.94. The second-order valence-electron chi connectivity index (χ2n) is 7.30. The van der Waals surface area contributed by atoms with E-state index < -0.39 is 23.4 Å². The van der Waals surface area contributed by atoms with Crippen molar-refractivity contribution in [1.82, 2.24) is 5.06 Å². The van der Waals surface area contributed by atoms with Crippen LogP contribution in [0.3, 0.4) is 0 Å². The van der Waals surface area contributed by atoms with Gasteiger partial charge < -0.3 is 20.0 Å². The molecule has 1 fully saturated rings. The molecule has 0 unspecified atom stereocenters. The molecule has 144 valence electrons. The summed E-state index contributed by atoms with van der Waals surface area (Å²) in [6.45, 7) is 9.01. The molecule has 0 bridgehead atoms. The molecule has 1 heterocycles. The predicted octanol–water partition coefficient (Wildman–Crippen LogP) is 1.31. The molecule has 0 saturated carbocycles. The first-order valence-electron chi connectivity index (χ1n) is 8.61. The maximum Gasteiger partial charge on any atom is 0.335 e. The maximum absolute atomic E-state index is 11.7. The molecule has 25 heavy (non-hydrogen) atoms. The highest BCUT2D eigenvalue weighted by atomic mass is 16.7. The number of imide groups is 1. The number of hydroxylamine groups is 2. The summed E-state index contributed by atoms with van der Waals surface area (Å²) in [5, 5.41) is 0.543. The zero-order valence-electron chi connectivity index (χ0n) is 15.6. The minimum Gasteiger partial charge on any atom is -0.375 e. The molecule has 1 aliphatic heterocycles. The second kappa shape index (κ2) is 9.26. The van der Waals surface area contributed by atoms with Gasteiger partial charge in [-0.2, -0.15) is 0 Å². The van der Waals surface area contributed by atoms with Crippen LogP contribution in [0.5, 0.6) is 0 Å². The number of carbonyl (C=O) groups is 3. The summed E-state index contributed by atoms with van der Waals surface area (Å²) in [5.74, 6) is -1.64. The lowest BCUT2D eigenvalue weighted by Gasteiger charge is -2.29. The van der Waals surface area contributed by atoms with Crippen LogP contribution >= 0.6 is 0 Å². The molecule has 0 atom stereocenters. The van der Waals surface area contributed by atoms with Crippen LogP contribution in [-0.4, -0.2) is 53.8 Å². The summed E-state index contributed by atoms with van der Waals surface area (Å²) in [5.41, 5.74) is 4.80. The molecule has 1 rings (SSSR count). The highest BCUT2D eigenvalue weighted by Crippen LogP contribution is 2.19. The van der Waals surface area contributed by atoms with E-state index in [2.05, 4.69) is 0 Å². The van der Waals surface area contributed by atoms with Crippen LogP contribution in [0.2, 0.25) is 0 Å². The Bertz CT molecular complexity index is 474. The Morgan fingerprint density at radius 1 is 1.00 bits per heavy atom. The predicted molar refractivity (Wildman–Crippen MR) is 90.1 cm³/mol. The minimum absolute atomic E-state index is 0.0417. The Labute approximate surface area is 148 Å². The van der Waals surface area contributed by atoms with Gasteiger partial charge in [0, 0.05) is 12.8 Å². The molecule has 0 aromatic rings. The van der Waals surface area contributed by atoms with Gasteiger partial charge in [-0.15, -0.1) is 5.06 Å². The third-order valence-electron chi connectivity index (χ3n) is 3.94. The van der Waals surface area contributed by atoms with Crippen LogP contribution in [0, 0.1) is 0 Å². The number of hydrogen-bond acceptors (Lipinski definition) is 7. The molecule has 0 spiro atoms. The van der Waals surface area contributed by atoms with E-state index in [9.17, 15) is 14.4 Å². The first kappa shape index (κ1) is 21.5. The van der Waals surface area contributed by atoms with Gasteiger partial charge >= 0.3 is 5.97 Å². The van der Waals surface area contributed by atoms with Crippen molar-refractivity contribution in [3.63, 3.8) is 0 Å². The van der Waals surface area contributed by atoms with Crippen molar-refractivity contribution < 1.29 is 28.7 Å². The zero-order valence-corrected chi connectivity index (χ0v) is 15.6. The molecule has 2 amide bonds. The fraction of sp³-hybridized carbons (Fsp3) is 0.824. The summed E-state index contributed by atoms with van der Waals surface area (Å²) < 4.78 is 11.5. The summed E-state index contributed by atoms with van der Waals surface area (Å²) >= 11 is 0. The monoisotopic (exact) mass is 358 g/mol. The van der Waals surface area contributed by atoms with Crippen LogP contribution in [0.25, 0.3) is 0 Å². The maximum atomic E-state index is 11.7. The molecule has 0 aromatic heterocycles. The molecular formula is C17H30N2O6. The molecule has 2 N–H and O–H groups in total. The number of ether oxygens (including phenoxy) is 2. The molecule has 0 aliphatic carbocycles. The molecule has 8 nitrogen and oxygen atoms in total. The normalized spacial score (nSPS) is 15.8. The first-order valence-corrected chi connectivity index (χ1v) is 8.61. The number of amides is 2. The fourth-order valence-electron chi connectivity index (χ4n) is 2.28. The Hall–Kier alpha value is -1.51. The van der Waals surface area contributed by atoms with Crippen LogP contribution in [0.4, 0.5) is 0 Å². The molecule has 0 radical (unpaired) electrons. The van der Waals surface area contributed by atoms with E-state index in [0.717, 1.165) is 6.42 Å². The summed E-state index contributed by atoms with van der Waals surface area (Å²) in [6, 6.07) is 0. The van der Waals surface area contributed by atoms with Crippen molar-refractivity contribution in [3.8, 4) is 0 Å². The van der Waals surface area contributed by atoms with E-state index in [1.54, 1.807) is 0 Å². The average Bonchev–Trinajstić information content (AvgIpc) is 2.78. The lowest BCUT2D eigenvalue weighted by Crippen LogP contribution is -2.34. The van der Waals surface area contributed by atoms with E-state index >= 15 is 0 Å². The third kappa shape index (κ3) is 7.94. The number of nitrogens with zero attached hydrogens (tertiary/aromatic N) is 1. The van der Waals surface area contributed by atoms with E-state index in [4.69, 9.17) is 20.0 Å². The number of rotatable bonds is 11. The van der Waals surface area contributed by atoms with Crippen LogP contribution in [-0.2, 0) is 28.7 Å². The summed E-state index contributed by atoms with van der Waals surface area (Å²) in [4.78, 5) is 39.2. The minimum atomic E-state index is -0.667. The van der Waals surface area contributed by atoms with Crippen molar-refractivity contribution in [2.75, 3.05) is 19.8 Å². The topological polar surface area (TPSA) is 108 Å². The van der Waals surface area contributed by atoms with Gasteiger partial charge in [0.15, 0.2) is 0 Å². The molecular weight excluding hydrogens is 328 g/mol. The van der Waals surface area contributed by atoms with Gasteiger partial charge in [0.05, 0.1) is 30.8 Å². The van der Waals surface area contributed by atoms with Crippen molar-refractivity contribution in [2.24, 2.45) is 5.73 Å². The first-order chi connectivity index (χ1) is 11.6. The number of hydrogen-bond donors (Lipinski definition) is 1. The fourth-order valence-corrected chi connectivity index (χ4v) is 2.28. The van der Waals surface area contributed by atoms with E-state index in [-0.39, 0.29) is 31.5 Å². The average molecular weight is 358 g/mol. The number of carbonyl (C=O) groups excluding carboxylic acids is 3. The highest BCUT2D eigenvalue weighted by Gasteiger charge is 2.32. The van der Waals surface area contributed by atoms with Gasteiger partial charge in [-0.1, -0.05) is 0 Å². The zero-order chi connectivity index (χ0) is 19.1.